The summed E-state index contributed by atoms with van der Waals surface area (Å²) >= 11 is 0. The molecule has 0 amide bonds. The molecule has 0 aromatic heterocycles. The van der Waals surface area contributed by atoms with Crippen molar-refractivity contribution in [3.63, 3.8) is 0 Å². The zero-order valence-corrected chi connectivity index (χ0v) is 12.2. The number of rotatable bonds is 4. The second kappa shape index (κ2) is 6.38. The van der Waals surface area contributed by atoms with Crippen LogP contribution in [0.1, 0.15) is 51.2 Å². The second-order valence-corrected chi connectivity index (χ2v) is 6.04. The van der Waals surface area contributed by atoms with Crippen molar-refractivity contribution in [2.24, 2.45) is 11.8 Å². The summed E-state index contributed by atoms with van der Waals surface area (Å²) in [7, 11) is 0. The first-order valence-electron chi connectivity index (χ1n) is 7.62. The summed E-state index contributed by atoms with van der Waals surface area (Å²) < 4.78 is 0. The van der Waals surface area contributed by atoms with E-state index in [-0.39, 0.29) is 0 Å². The largest absolute Gasteiger partial charge is 0.340 e. The molecule has 1 aliphatic rings. The molecule has 1 saturated carbocycles. The Labute approximate surface area is 112 Å². The summed E-state index contributed by atoms with van der Waals surface area (Å²) in [5.74, 6) is 1.77. The molecular weight excluding hydrogens is 218 g/mol. The summed E-state index contributed by atoms with van der Waals surface area (Å²) in [5, 5.41) is 2.57. The average molecular weight is 246 g/mol. The number of benzene rings is 1. The average Bonchev–Trinajstić information content (AvgIpc) is 2.41. The maximum atomic E-state index is 2.57. The lowest BCUT2D eigenvalue weighted by atomic mass is 9.78. The van der Waals surface area contributed by atoms with Gasteiger partial charge in [-0.25, -0.2) is 0 Å². The standard InChI is InChI=1S/C17H27N/c1-4-15-8-10-16(11-9-15)12-18-17-7-5-6-13(2)14(17)3/h8-11,13-14,17-18H,4-7,12H2,1-3H3/p+1/t13-,14-,17-/m0/s1. The molecular formula is C17H28N+. The van der Waals surface area contributed by atoms with Gasteiger partial charge in [0.25, 0.3) is 0 Å². The van der Waals surface area contributed by atoms with E-state index in [0.29, 0.717) is 0 Å². The lowest BCUT2D eigenvalue weighted by Crippen LogP contribution is -2.90. The van der Waals surface area contributed by atoms with Gasteiger partial charge in [0.05, 0.1) is 6.04 Å². The fourth-order valence-corrected chi connectivity index (χ4v) is 3.15. The van der Waals surface area contributed by atoms with Gasteiger partial charge in [-0.15, -0.1) is 0 Å². The number of nitrogens with two attached hydrogens (primary N) is 1. The van der Waals surface area contributed by atoms with Crippen molar-refractivity contribution in [3.8, 4) is 0 Å². The molecule has 0 saturated heterocycles. The van der Waals surface area contributed by atoms with E-state index in [0.717, 1.165) is 30.8 Å². The Hall–Kier alpha value is -0.820. The van der Waals surface area contributed by atoms with Crippen LogP contribution in [0.25, 0.3) is 0 Å². The van der Waals surface area contributed by atoms with Crippen LogP contribution >= 0.6 is 0 Å². The molecule has 1 heteroatoms. The van der Waals surface area contributed by atoms with Gasteiger partial charge < -0.3 is 5.32 Å². The van der Waals surface area contributed by atoms with Crippen LogP contribution in [0, 0.1) is 11.8 Å². The third-order valence-corrected chi connectivity index (χ3v) is 4.86. The van der Waals surface area contributed by atoms with Gasteiger partial charge >= 0.3 is 0 Å². The van der Waals surface area contributed by atoms with Crippen LogP contribution in [-0.4, -0.2) is 6.04 Å². The minimum atomic E-state index is 0.833. The Morgan fingerprint density at radius 3 is 2.39 bits per heavy atom. The molecule has 0 bridgehead atoms. The minimum Gasteiger partial charge on any atom is -0.340 e. The summed E-state index contributed by atoms with van der Waals surface area (Å²) in [5.41, 5.74) is 2.91. The fraction of sp³-hybridized carbons (Fsp3) is 0.647. The van der Waals surface area contributed by atoms with E-state index < -0.39 is 0 Å². The topological polar surface area (TPSA) is 16.6 Å². The van der Waals surface area contributed by atoms with Crippen LogP contribution in [-0.2, 0) is 13.0 Å². The normalized spacial score (nSPS) is 28.3. The molecule has 1 aromatic carbocycles. The highest BCUT2D eigenvalue weighted by Gasteiger charge is 2.29. The molecule has 0 heterocycles. The number of aryl methyl sites for hydroxylation is 1. The van der Waals surface area contributed by atoms with Gasteiger partial charge in [-0.05, 0) is 37.2 Å². The van der Waals surface area contributed by atoms with Gasteiger partial charge in [-0.2, -0.15) is 0 Å². The minimum absolute atomic E-state index is 0.833. The van der Waals surface area contributed by atoms with Crippen molar-refractivity contribution >= 4 is 0 Å². The molecule has 1 fully saturated rings. The first-order valence-corrected chi connectivity index (χ1v) is 7.62. The Morgan fingerprint density at radius 2 is 1.72 bits per heavy atom. The number of hydrogen-bond donors (Lipinski definition) is 1. The Bertz CT molecular complexity index is 354. The van der Waals surface area contributed by atoms with Crippen LogP contribution in [0.15, 0.2) is 24.3 Å². The first kappa shape index (κ1) is 13.6. The second-order valence-electron chi connectivity index (χ2n) is 6.04. The lowest BCUT2D eigenvalue weighted by Gasteiger charge is -2.32. The summed E-state index contributed by atoms with van der Waals surface area (Å²) in [6.07, 6.45) is 5.39. The molecule has 1 aliphatic carbocycles. The smallest absolute Gasteiger partial charge is 0.101 e. The van der Waals surface area contributed by atoms with Crippen LogP contribution < -0.4 is 5.32 Å². The van der Waals surface area contributed by atoms with Crippen molar-refractivity contribution < 1.29 is 5.32 Å². The van der Waals surface area contributed by atoms with Gasteiger partial charge in [0.15, 0.2) is 0 Å². The SMILES string of the molecule is CCc1ccc(C[NH2+][C@H]2CCC[C@H](C)[C@@H]2C)cc1. The first-order chi connectivity index (χ1) is 8.70. The summed E-state index contributed by atoms with van der Waals surface area (Å²) in [6.45, 7) is 8.21. The van der Waals surface area contributed by atoms with Crippen molar-refractivity contribution in [2.75, 3.05) is 0 Å². The third-order valence-electron chi connectivity index (χ3n) is 4.86. The molecule has 0 spiro atoms. The molecule has 3 atom stereocenters. The van der Waals surface area contributed by atoms with Crippen LogP contribution in [0.2, 0.25) is 0 Å². The number of quaternary nitrogens is 1. The van der Waals surface area contributed by atoms with E-state index in [1.165, 1.54) is 30.4 Å². The van der Waals surface area contributed by atoms with Crippen molar-refractivity contribution in [3.05, 3.63) is 35.4 Å². The highest BCUT2D eigenvalue weighted by molar-refractivity contribution is 5.21. The Kier molecular flexibility index (Phi) is 4.82. The van der Waals surface area contributed by atoms with E-state index >= 15 is 0 Å². The van der Waals surface area contributed by atoms with Gasteiger partial charge in [-0.1, -0.05) is 45.0 Å². The van der Waals surface area contributed by atoms with Crippen molar-refractivity contribution in [1.29, 1.82) is 0 Å². The molecule has 2 N–H and O–H groups in total. The third kappa shape index (κ3) is 3.35. The highest BCUT2D eigenvalue weighted by atomic mass is 14.9. The van der Waals surface area contributed by atoms with Gasteiger partial charge in [0.1, 0.15) is 6.54 Å². The van der Waals surface area contributed by atoms with Gasteiger partial charge in [-0.3, -0.25) is 0 Å². The molecule has 18 heavy (non-hydrogen) atoms. The maximum absolute atomic E-state index is 2.57. The van der Waals surface area contributed by atoms with E-state index in [1.807, 2.05) is 0 Å². The van der Waals surface area contributed by atoms with E-state index in [9.17, 15) is 0 Å². The number of hydrogen-bond acceptors (Lipinski definition) is 0. The van der Waals surface area contributed by atoms with E-state index in [1.54, 1.807) is 0 Å². The van der Waals surface area contributed by atoms with Crippen molar-refractivity contribution in [1.82, 2.24) is 0 Å². The fourth-order valence-electron chi connectivity index (χ4n) is 3.15. The molecule has 1 nitrogen and oxygen atoms in total. The molecule has 0 radical (unpaired) electrons. The summed E-state index contributed by atoms with van der Waals surface area (Å²) in [6, 6.07) is 9.98. The maximum Gasteiger partial charge on any atom is 0.101 e. The van der Waals surface area contributed by atoms with Crippen LogP contribution in [0.5, 0.6) is 0 Å². The quantitative estimate of drug-likeness (QED) is 0.840. The lowest BCUT2D eigenvalue weighted by molar-refractivity contribution is -0.713. The predicted molar refractivity (Wildman–Crippen MR) is 77.4 cm³/mol. The molecule has 0 aliphatic heterocycles. The Morgan fingerprint density at radius 1 is 1.06 bits per heavy atom. The van der Waals surface area contributed by atoms with E-state index in [2.05, 4.69) is 50.4 Å². The molecule has 100 valence electrons. The van der Waals surface area contributed by atoms with Gasteiger partial charge in [0, 0.05) is 11.5 Å². The Balaban J connectivity index is 1.86. The van der Waals surface area contributed by atoms with Crippen molar-refractivity contribution in [2.45, 2.75) is 59.0 Å². The highest BCUT2D eigenvalue weighted by Crippen LogP contribution is 2.27. The summed E-state index contributed by atoms with van der Waals surface area (Å²) in [4.78, 5) is 0. The predicted octanol–water partition coefficient (Wildman–Crippen LogP) is 3.14. The zero-order valence-electron chi connectivity index (χ0n) is 12.2. The van der Waals surface area contributed by atoms with Gasteiger partial charge in [0.2, 0.25) is 0 Å². The van der Waals surface area contributed by atoms with Crippen LogP contribution in [0.3, 0.4) is 0 Å². The molecule has 1 aromatic rings. The molecule has 2 rings (SSSR count). The monoisotopic (exact) mass is 246 g/mol. The van der Waals surface area contributed by atoms with E-state index in [4.69, 9.17) is 0 Å². The zero-order chi connectivity index (χ0) is 13.0. The van der Waals surface area contributed by atoms with Crippen LogP contribution in [0.4, 0.5) is 0 Å². The molecule has 0 unspecified atom stereocenters.